The van der Waals surface area contributed by atoms with Gasteiger partial charge in [-0.15, -0.1) is 0 Å². The van der Waals surface area contributed by atoms with Crippen molar-refractivity contribution in [1.82, 2.24) is 9.97 Å². The van der Waals surface area contributed by atoms with Gasteiger partial charge in [-0.05, 0) is 57.1 Å². The topological polar surface area (TPSA) is 92.5 Å². The third kappa shape index (κ3) is 4.07. The van der Waals surface area contributed by atoms with Crippen LogP contribution >= 0.6 is 0 Å². The van der Waals surface area contributed by atoms with Gasteiger partial charge < -0.3 is 14.9 Å². The fraction of sp³-hybridized carbons (Fsp3) is 0.526. The van der Waals surface area contributed by atoms with Crippen molar-refractivity contribution < 1.29 is 19.7 Å². The van der Waals surface area contributed by atoms with Crippen LogP contribution in [0.4, 0.5) is 0 Å². The molecule has 0 saturated heterocycles. The molecule has 0 radical (unpaired) electrons. The monoisotopic (exact) mass is 344 g/mol. The number of nitrogens with zero attached hydrogens (tertiary/aromatic N) is 2. The Morgan fingerprint density at radius 2 is 2.04 bits per heavy atom. The molecular formula is C19H24N2O4. The number of aliphatic carboxylic acids is 1. The highest BCUT2D eigenvalue weighted by Gasteiger charge is 2.28. The fourth-order valence-electron chi connectivity index (χ4n) is 3.61. The molecule has 134 valence electrons. The maximum Gasteiger partial charge on any atom is 0.306 e. The van der Waals surface area contributed by atoms with Crippen LogP contribution in [-0.2, 0) is 4.79 Å². The lowest BCUT2D eigenvalue weighted by Gasteiger charge is -2.27. The van der Waals surface area contributed by atoms with Crippen molar-refractivity contribution in [2.24, 2.45) is 11.8 Å². The van der Waals surface area contributed by atoms with Crippen LogP contribution in [0.2, 0.25) is 0 Å². The number of pyridine rings is 2. The highest BCUT2D eigenvalue weighted by atomic mass is 16.5. The molecule has 1 fully saturated rings. The van der Waals surface area contributed by atoms with Crippen molar-refractivity contribution in [2.45, 2.75) is 45.1 Å². The first-order valence-corrected chi connectivity index (χ1v) is 8.87. The van der Waals surface area contributed by atoms with E-state index in [1.807, 2.05) is 13.0 Å². The van der Waals surface area contributed by atoms with Gasteiger partial charge in [0, 0.05) is 17.8 Å². The molecule has 3 rings (SSSR count). The summed E-state index contributed by atoms with van der Waals surface area (Å²) >= 11 is 0. The van der Waals surface area contributed by atoms with Crippen molar-refractivity contribution in [3.8, 4) is 5.88 Å². The smallest absolute Gasteiger partial charge is 0.306 e. The minimum Gasteiger partial charge on any atom is -0.481 e. The summed E-state index contributed by atoms with van der Waals surface area (Å²) in [7, 11) is 0. The molecule has 2 heterocycles. The van der Waals surface area contributed by atoms with Crippen LogP contribution in [0.25, 0.3) is 11.0 Å². The summed E-state index contributed by atoms with van der Waals surface area (Å²) in [5.41, 5.74) is 2.15. The SMILES string of the molecule is CCOc1ccc2nccc(C(O)C[C@H]3CC[C@H](C(=O)O)CC3)c2n1. The molecule has 1 saturated carbocycles. The van der Waals surface area contributed by atoms with Gasteiger partial charge in [-0.25, -0.2) is 4.98 Å². The summed E-state index contributed by atoms with van der Waals surface area (Å²) < 4.78 is 5.46. The van der Waals surface area contributed by atoms with Crippen LogP contribution in [0.3, 0.4) is 0 Å². The van der Waals surface area contributed by atoms with Crippen molar-refractivity contribution in [2.75, 3.05) is 6.61 Å². The van der Waals surface area contributed by atoms with E-state index in [9.17, 15) is 9.90 Å². The normalized spacial score (nSPS) is 21.8. The van der Waals surface area contributed by atoms with Gasteiger partial charge in [0.1, 0.15) is 0 Å². The number of rotatable bonds is 6. The number of aliphatic hydroxyl groups excluding tert-OH is 1. The predicted molar refractivity (Wildman–Crippen MR) is 93.4 cm³/mol. The van der Waals surface area contributed by atoms with E-state index >= 15 is 0 Å². The van der Waals surface area contributed by atoms with Crippen LogP contribution in [0, 0.1) is 11.8 Å². The molecule has 0 amide bonds. The zero-order chi connectivity index (χ0) is 17.8. The van der Waals surface area contributed by atoms with Crippen molar-refractivity contribution in [3.05, 3.63) is 30.0 Å². The minimum atomic E-state index is -0.702. The quantitative estimate of drug-likeness (QED) is 0.835. The Morgan fingerprint density at radius 3 is 2.72 bits per heavy atom. The number of fused-ring (bicyclic) bond motifs is 1. The Labute approximate surface area is 146 Å². The van der Waals surface area contributed by atoms with Crippen LogP contribution < -0.4 is 4.74 Å². The first-order valence-electron chi connectivity index (χ1n) is 8.87. The lowest BCUT2D eigenvalue weighted by Crippen LogP contribution is -2.22. The number of ether oxygens (including phenoxy) is 1. The van der Waals surface area contributed by atoms with E-state index in [1.165, 1.54) is 0 Å². The van der Waals surface area contributed by atoms with Gasteiger partial charge in [0.15, 0.2) is 0 Å². The Morgan fingerprint density at radius 1 is 1.28 bits per heavy atom. The summed E-state index contributed by atoms with van der Waals surface area (Å²) in [4.78, 5) is 19.9. The maximum atomic E-state index is 11.1. The van der Waals surface area contributed by atoms with E-state index in [1.54, 1.807) is 18.3 Å². The zero-order valence-electron chi connectivity index (χ0n) is 14.4. The number of aromatic nitrogens is 2. The Hall–Kier alpha value is -2.21. The number of carbonyl (C=O) groups is 1. The molecule has 1 atom stereocenters. The number of carboxylic acid groups (broad SMARTS) is 1. The average Bonchev–Trinajstić information content (AvgIpc) is 2.62. The number of aliphatic hydroxyl groups is 1. The highest BCUT2D eigenvalue weighted by Crippen LogP contribution is 2.36. The molecule has 0 aromatic carbocycles. The van der Waals surface area contributed by atoms with E-state index in [-0.39, 0.29) is 5.92 Å². The van der Waals surface area contributed by atoms with E-state index in [0.29, 0.717) is 43.2 Å². The second kappa shape index (κ2) is 7.78. The summed E-state index contributed by atoms with van der Waals surface area (Å²) in [5, 5.41) is 19.8. The highest BCUT2D eigenvalue weighted by molar-refractivity contribution is 5.78. The summed E-state index contributed by atoms with van der Waals surface area (Å²) in [6, 6.07) is 5.43. The first-order chi connectivity index (χ1) is 12.1. The molecule has 2 aromatic rings. The van der Waals surface area contributed by atoms with Gasteiger partial charge in [-0.1, -0.05) is 0 Å². The number of carboxylic acids is 1. The standard InChI is InChI=1S/C19H24N2O4/c1-2-25-17-8-7-15-18(21-17)14(9-10-20-15)16(22)11-12-3-5-13(6-4-12)19(23)24/h7-10,12-13,16,22H,2-6,11H2,1H3,(H,23,24)/t12-,13-,16?. The molecule has 6 heteroatoms. The van der Waals surface area contributed by atoms with Gasteiger partial charge >= 0.3 is 5.97 Å². The molecule has 0 bridgehead atoms. The summed E-state index contributed by atoms with van der Waals surface area (Å²) in [6.07, 6.45) is 4.73. The molecule has 25 heavy (non-hydrogen) atoms. The third-order valence-corrected chi connectivity index (χ3v) is 4.99. The minimum absolute atomic E-state index is 0.231. The van der Waals surface area contributed by atoms with Gasteiger partial charge in [0.05, 0.1) is 29.7 Å². The molecule has 2 N–H and O–H groups in total. The molecule has 1 unspecified atom stereocenters. The van der Waals surface area contributed by atoms with Crippen molar-refractivity contribution in [3.63, 3.8) is 0 Å². The zero-order valence-corrected chi connectivity index (χ0v) is 14.4. The predicted octanol–water partition coefficient (Wildman–Crippen LogP) is 3.34. The lowest BCUT2D eigenvalue weighted by atomic mass is 9.79. The summed E-state index contributed by atoms with van der Waals surface area (Å²) in [5.74, 6) is -0.0698. The second-order valence-electron chi connectivity index (χ2n) is 6.66. The molecule has 2 aromatic heterocycles. The molecule has 0 spiro atoms. The lowest BCUT2D eigenvalue weighted by molar-refractivity contribution is -0.143. The number of hydrogen-bond donors (Lipinski definition) is 2. The molecule has 0 aliphatic heterocycles. The second-order valence-corrected chi connectivity index (χ2v) is 6.66. The maximum absolute atomic E-state index is 11.1. The Balaban J connectivity index is 1.74. The summed E-state index contributed by atoms with van der Waals surface area (Å²) in [6.45, 7) is 2.43. The van der Waals surface area contributed by atoms with Crippen LogP contribution in [0.1, 0.15) is 50.7 Å². The first kappa shape index (κ1) is 17.6. The molecule has 1 aliphatic rings. The Bertz CT molecular complexity index is 741. The van der Waals surface area contributed by atoms with E-state index in [0.717, 1.165) is 23.9 Å². The third-order valence-electron chi connectivity index (χ3n) is 4.99. The van der Waals surface area contributed by atoms with Crippen LogP contribution in [0.5, 0.6) is 5.88 Å². The average molecular weight is 344 g/mol. The van der Waals surface area contributed by atoms with Crippen LogP contribution in [0.15, 0.2) is 24.4 Å². The van der Waals surface area contributed by atoms with Crippen LogP contribution in [-0.4, -0.2) is 32.8 Å². The van der Waals surface area contributed by atoms with Gasteiger partial charge in [-0.2, -0.15) is 0 Å². The van der Waals surface area contributed by atoms with Gasteiger partial charge in [0.2, 0.25) is 5.88 Å². The van der Waals surface area contributed by atoms with Gasteiger partial charge in [0.25, 0.3) is 0 Å². The van der Waals surface area contributed by atoms with Crippen molar-refractivity contribution in [1.29, 1.82) is 0 Å². The fourth-order valence-corrected chi connectivity index (χ4v) is 3.61. The molecule has 6 nitrogen and oxygen atoms in total. The van der Waals surface area contributed by atoms with Crippen molar-refractivity contribution >= 4 is 17.0 Å². The molecule has 1 aliphatic carbocycles. The Kier molecular flexibility index (Phi) is 5.48. The largest absolute Gasteiger partial charge is 0.481 e. The van der Waals surface area contributed by atoms with E-state index in [2.05, 4.69) is 9.97 Å². The molecular weight excluding hydrogens is 320 g/mol. The van der Waals surface area contributed by atoms with E-state index < -0.39 is 12.1 Å². The van der Waals surface area contributed by atoms with E-state index in [4.69, 9.17) is 9.84 Å². The number of hydrogen-bond acceptors (Lipinski definition) is 5. The van der Waals surface area contributed by atoms with Gasteiger partial charge in [-0.3, -0.25) is 9.78 Å².